The van der Waals surface area contributed by atoms with Crippen molar-refractivity contribution in [3.8, 4) is 5.75 Å². The number of benzene rings is 1. The fraction of sp³-hybridized carbons (Fsp3) is 0.571. The Kier molecular flexibility index (Phi) is 8.36. The van der Waals surface area contributed by atoms with Crippen molar-refractivity contribution in [2.75, 3.05) is 6.54 Å². The minimum atomic E-state index is -4.01. The molecule has 14 nitrogen and oxygen atoms in total. The molecule has 5 aliphatic rings. The number of aliphatic hydroxyl groups excluding tert-OH is 1. The van der Waals surface area contributed by atoms with Gasteiger partial charge in [0.15, 0.2) is 0 Å². The molecular formula is C35H43N5O9S. The van der Waals surface area contributed by atoms with E-state index in [-0.39, 0.29) is 32.2 Å². The zero-order valence-electron chi connectivity index (χ0n) is 28.1. The second-order valence-electron chi connectivity index (χ2n) is 14.9. The lowest BCUT2D eigenvalue weighted by Gasteiger charge is -2.39. The highest BCUT2D eigenvalue weighted by Gasteiger charge is 2.64. The molecule has 0 bridgehead atoms. The summed E-state index contributed by atoms with van der Waals surface area (Å²) in [6.07, 6.45) is 5.18. The highest BCUT2D eigenvalue weighted by Crippen LogP contribution is 2.50. The Labute approximate surface area is 290 Å². The molecule has 50 heavy (non-hydrogen) atoms. The van der Waals surface area contributed by atoms with Crippen molar-refractivity contribution in [3.05, 3.63) is 47.7 Å². The summed E-state index contributed by atoms with van der Waals surface area (Å²) in [6, 6.07) is 5.00. The van der Waals surface area contributed by atoms with Gasteiger partial charge in [0.2, 0.25) is 21.8 Å². The number of amides is 4. The van der Waals surface area contributed by atoms with Crippen LogP contribution in [0.3, 0.4) is 0 Å². The van der Waals surface area contributed by atoms with Gasteiger partial charge in [-0.2, -0.15) is 0 Å². The molecule has 3 aliphatic heterocycles. The maximum Gasteiger partial charge on any atom is 0.405 e. The Morgan fingerprint density at radius 1 is 1.10 bits per heavy atom. The zero-order valence-corrected chi connectivity index (χ0v) is 28.9. The summed E-state index contributed by atoms with van der Waals surface area (Å²) in [4.78, 5) is 60.2. The van der Waals surface area contributed by atoms with Gasteiger partial charge in [-0.15, -0.1) is 0 Å². The smallest absolute Gasteiger partial charge is 0.405 e. The molecule has 1 unspecified atom stereocenters. The lowest BCUT2D eigenvalue weighted by atomic mass is 9.85. The van der Waals surface area contributed by atoms with Crippen LogP contribution in [0.4, 0.5) is 4.79 Å². The van der Waals surface area contributed by atoms with Crippen LogP contribution < -0.4 is 20.1 Å². The van der Waals surface area contributed by atoms with Gasteiger partial charge in [0, 0.05) is 29.7 Å². The fourth-order valence-electron chi connectivity index (χ4n) is 7.88. The van der Waals surface area contributed by atoms with Crippen LogP contribution in [0.15, 0.2) is 36.4 Å². The van der Waals surface area contributed by atoms with Crippen molar-refractivity contribution in [2.45, 2.75) is 112 Å². The highest BCUT2D eigenvalue weighted by molar-refractivity contribution is 7.91. The Morgan fingerprint density at radius 3 is 2.60 bits per heavy atom. The number of rotatable bonds is 4. The fourth-order valence-corrected chi connectivity index (χ4v) is 9.19. The molecule has 1 aromatic heterocycles. The van der Waals surface area contributed by atoms with E-state index in [2.05, 4.69) is 20.3 Å². The first-order valence-corrected chi connectivity index (χ1v) is 18.8. The normalized spacial score (nSPS) is 32.7. The molecule has 2 aliphatic carbocycles. The van der Waals surface area contributed by atoms with Crippen molar-refractivity contribution >= 4 is 44.7 Å². The molecular weight excluding hydrogens is 666 g/mol. The molecule has 1 aromatic carbocycles. The first kappa shape index (κ1) is 34.2. The van der Waals surface area contributed by atoms with Gasteiger partial charge in [-0.05, 0) is 58.4 Å². The Balaban J connectivity index is 1.25. The quantitative estimate of drug-likeness (QED) is 0.294. The maximum absolute atomic E-state index is 14.4. The van der Waals surface area contributed by atoms with Gasteiger partial charge < -0.3 is 30.5 Å². The minimum absolute atomic E-state index is 0.0336. The molecule has 15 heteroatoms. The van der Waals surface area contributed by atoms with Crippen molar-refractivity contribution in [2.24, 2.45) is 5.92 Å². The Bertz CT molecular complexity index is 1910. The van der Waals surface area contributed by atoms with E-state index in [0.717, 1.165) is 11.8 Å². The molecule has 4 amide bonds. The summed E-state index contributed by atoms with van der Waals surface area (Å²) in [5.74, 6) is -2.26. The molecule has 1 spiro atoms. The number of carbonyl (C=O) groups excluding carboxylic acids is 3. The first-order chi connectivity index (χ1) is 23.7. The number of carboxylic acid groups (broad SMARTS) is 1. The molecule has 6 atom stereocenters. The molecule has 4 heterocycles. The number of aliphatic hydroxyl groups is 1. The highest BCUT2D eigenvalue weighted by atomic mass is 32.2. The number of ether oxygens (including phenoxy) is 1. The minimum Gasteiger partial charge on any atom is -0.483 e. The molecule has 2 saturated carbocycles. The van der Waals surface area contributed by atoms with Crippen molar-refractivity contribution in [3.63, 3.8) is 0 Å². The van der Waals surface area contributed by atoms with Crippen LogP contribution in [0, 0.1) is 12.8 Å². The van der Waals surface area contributed by atoms with Crippen LogP contribution in [-0.2, 0) is 24.4 Å². The molecule has 3 fully saturated rings. The number of allylic oxidation sites excluding steroid dienone is 1. The summed E-state index contributed by atoms with van der Waals surface area (Å²) in [6.45, 7) is 3.19. The van der Waals surface area contributed by atoms with E-state index in [1.54, 1.807) is 13.8 Å². The van der Waals surface area contributed by atoms with E-state index in [9.17, 15) is 37.8 Å². The van der Waals surface area contributed by atoms with Crippen LogP contribution in [-0.4, -0.2) is 86.8 Å². The predicted octanol–water partition coefficient (Wildman–Crippen LogP) is 2.73. The monoisotopic (exact) mass is 709 g/mol. The molecule has 268 valence electrons. The van der Waals surface area contributed by atoms with E-state index in [4.69, 9.17) is 4.74 Å². The standard InChI is InChI=1S/C35H43N5O9S/c1-20-28-27(22-11-8-9-12-23(22)36-20)26(41)18-34(49-28)17-25-29(42)38-35(31(44)39-50(47,48)33(2)14-15-33)16-21(35)10-6-4-3-5-7-13-24(37-32(45)46)30(43)40(25)19-34/h6,8-12,21,24-26,37,41H,3-5,7,13-19H2,1-2H3,(H,38,42)(H,39,44)(H,45,46)/b10-6-/t21-,24+,25+,26?,34+,35-/m1/s1. The largest absolute Gasteiger partial charge is 0.483 e. The number of fused-ring (bicyclic) bond motifs is 5. The third kappa shape index (κ3) is 5.97. The Hall–Kier alpha value is -4.24. The third-order valence-electron chi connectivity index (χ3n) is 11.2. The number of pyridine rings is 1. The van der Waals surface area contributed by atoms with Crippen molar-refractivity contribution < 1.29 is 42.5 Å². The number of nitrogens with zero attached hydrogens (tertiary/aromatic N) is 2. The van der Waals surface area contributed by atoms with Gasteiger partial charge in [0.25, 0.3) is 5.91 Å². The second kappa shape index (κ2) is 12.2. The summed E-state index contributed by atoms with van der Waals surface area (Å²) < 4.78 is 34.0. The third-order valence-corrected chi connectivity index (χ3v) is 13.3. The summed E-state index contributed by atoms with van der Waals surface area (Å²) in [7, 11) is -4.01. The number of carbonyl (C=O) groups is 4. The van der Waals surface area contributed by atoms with Gasteiger partial charge in [-0.25, -0.2) is 18.2 Å². The number of para-hydroxylation sites is 1. The summed E-state index contributed by atoms with van der Waals surface area (Å²) in [5, 5.41) is 27.2. The van der Waals surface area contributed by atoms with Gasteiger partial charge >= 0.3 is 6.09 Å². The maximum atomic E-state index is 14.4. The molecule has 2 aromatic rings. The van der Waals surface area contributed by atoms with Gasteiger partial charge in [0.05, 0.1) is 28.6 Å². The predicted molar refractivity (Wildman–Crippen MR) is 180 cm³/mol. The number of aromatic nitrogens is 1. The first-order valence-electron chi connectivity index (χ1n) is 17.3. The average molecular weight is 710 g/mol. The van der Waals surface area contributed by atoms with Crippen LogP contribution in [0.2, 0.25) is 0 Å². The van der Waals surface area contributed by atoms with Gasteiger partial charge in [-0.1, -0.05) is 43.2 Å². The number of nitrogens with one attached hydrogen (secondary N) is 3. The van der Waals surface area contributed by atoms with Crippen LogP contribution in [0.1, 0.15) is 88.5 Å². The van der Waals surface area contributed by atoms with E-state index >= 15 is 0 Å². The molecule has 5 N–H and O–H groups in total. The number of sulfonamides is 1. The summed E-state index contributed by atoms with van der Waals surface area (Å²) >= 11 is 0. The molecule has 1 saturated heterocycles. The van der Waals surface area contributed by atoms with E-state index < -0.39 is 73.8 Å². The van der Waals surface area contributed by atoms with Gasteiger partial charge in [-0.3, -0.25) is 19.1 Å². The van der Waals surface area contributed by atoms with Gasteiger partial charge in [0.1, 0.15) is 29.0 Å². The number of hydrogen-bond acceptors (Lipinski definition) is 9. The van der Waals surface area contributed by atoms with Crippen LogP contribution >= 0.6 is 0 Å². The lowest BCUT2D eigenvalue weighted by Crippen LogP contribution is -2.58. The number of aryl methyl sites for hydroxylation is 1. The molecule has 7 rings (SSSR count). The van der Waals surface area contributed by atoms with E-state index in [1.165, 1.54) is 4.90 Å². The van der Waals surface area contributed by atoms with Crippen molar-refractivity contribution in [1.82, 2.24) is 25.2 Å². The molecule has 0 radical (unpaired) electrons. The zero-order chi connectivity index (χ0) is 35.6. The second-order valence-corrected chi connectivity index (χ2v) is 17.1. The van der Waals surface area contributed by atoms with Crippen LogP contribution in [0.5, 0.6) is 5.75 Å². The SMILES string of the molecule is Cc1nc2ccccc2c2c1O[C@]1(CC2O)C[C@H]2C(=O)N[C@]3(C(=O)NS(=O)(=O)C4(C)CC4)C[C@H]3/C=C\CCCCC[C@H](NC(=O)O)C(=O)N2C1. The lowest BCUT2D eigenvalue weighted by molar-refractivity contribution is -0.141. The van der Waals surface area contributed by atoms with E-state index in [0.29, 0.717) is 54.6 Å². The van der Waals surface area contributed by atoms with Crippen molar-refractivity contribution in [1.29, 1.82) is 0 Å². The number of hydrogen-bond donors (Lipinski definition) is 5. The summed E-state index contributed by atoms with van der Waals surface area (Å²) in [5.41, 5.74) is -1.03. The average Bonchev–Trinajstić information content (AvgIpc) is 3.94. The van der Waals surface area contributed by atoms with E-state index in [1.807, 2.05) is 36.4 Å². The van der Waals surface area contributed by atoms with Crippen LogP contribution in [0.25, 0.3) is 10.9 Å². The Morgan fingerprint density at radius 2 is 1.86 bits per heavy atom. The topological polar surface area (TPSA) is 204 Å².